The van der Waals surface area contributed by atoms with Crippen molar-refractivity contribution in [1.29, 1.82) is 0 Å². The van der Waals surface area contributed by atoms with Gasteiger partial charge in [-0.1, -0.05) is 36.4 Å². The number of anilines is 1. The molecule has 0 spiro atoms. The lowest BCUT2D eigenvalue weighted by Gasteiger charge is -2.07. The van der Waals surface area contributed by atoms with Gasteiger partial charge in [0.15, 0.2) is 5.69 Å². The molecule has 0 saturated heterocycles. The van der Waals surface area contributed by atoms with Crippen LogP contribution < -0.4 is 10.9 Å². The lowest BCUT2D eigenvalue weighted by molar-refractivity contribution is 0.102. The third-order valence-corrected chi connectivity index (χ3v) is 4.83. The van der Waals surface area contributed by atoms with Crippen molar-refractivity contribution < 1.29 is 9.21 Å². The van der Waals surface area contributed by atoms with Crippen molar-refractivity contribution in [2.45, 2.75) is 13.8 Å². The number of rotatable bonds is 4. The van der Waals surface area contributed by atoms with Crippen LogP contribution in [0.2, 0.25) is 0 Å². The molecule has 4 rings (SSSR count). The normalized spacial score (nSPS) is 10.9. The molecule has 1 amide bonds. The van der Waals surface area contributed by atoms with Crippen molar-refractivity contribution in [2.75, 3.05) is 5.32 Å². The summed E-state index contributed by atoms with van der Waals surface area (Å²) in [4.78, 5) is 30.2. The van der Waals surface area contributed by atoms with Gasteiger partial charge in [-0.3, -0.25) is 14.3 Å². The van der Waals surface area contributed by atoms with Crippen molar-refractivity contribution in [3.8, 4) is 17.1 Å². The predicted molar refractivity (Wildman–Crippen MR) is 110 cm³/mol. The maximum Gasteiger partial charge on any atom is 0.295 e. The average Bonchev–Trinajstić information content (AvgIpc) is 3.23. The van der Waals surface area contributed by atoms with Crippen molar-refractivity contribution in [1.82, 2.24) is 14.3 Å². The van der Waals surface area contributed by atoms with E-state index in [9.17, 15) is 9.59 Å². The van der Waals surface area contributed by atoms with E-state index >= 15 is 0 Å². The summed E-state index contributed by atoms with van der Waals surface area (Å²) in [6, 6.07) is 18.6. The minimum absolute atomic E-state index is 0.151. The second kappa shape index (κ2) is 7.27. The van der Waals surface area contributed by atoms with E-state index < -0.39 is 5.91 Å². The largest absolute Gasteiger partial charge is 0.441 e. The molecular formula is C22H20N4O3. The summed E-state index contributed by atoms with van der Waals surface area (Å²) in [5, 5.41) is 2.72. The molecule has 0 atom stereocenters. The average molecular weight is 388 g/mol. The van der Waals surface area contributed by atoms with Gasteiger partial charge in [0, 0.05) is 12.6 Å². The number of carbonyl (C=O) groups excluding carboxylic acids is 1. The van der Waals surface area contributed by atoms with Crippen LogP contribution >= 0.6 is 0 Å². The third-order valence-electron chi connectivity index (χ3n) is 4.83. The number of nitrogens with one attached hydrogen (secondary N) is 1. The molecule has 0 aliphatic heterocycles. The van der Waals surface area contributed by atoms with Crippen LogP contribution in [0.25, 0.3) is 17.1 Å². The van der Waals surface area contributed by atoms with E-state index in [1.165, 1.54) is 4.68 Å². The summed E-state index contributed by atoms with van der Waals surface area (Å²) in [7, 11) is 1.77. The van der Waals surface area contributed by atoms with Gasteiger partial charge in [0.2, 0.25) is 5.89 Å². The highest BCUT2D eigenvalue weighted by atomic mass is 16.4. The van der Waals surface area contributed by atoms with Crippen LogP contribution in [0.5, 0.6) is 0 Å². The zero-order valence-corrected chi connectivity index (χ0v) is 16.3. The summed E-state index contributed by atoms with van der Waals surface area (Å²) in [6.07, 6.45) is 0. The highest BCUT2D eigenvalue weighted by Gasteiger charge is 2.23. The first-order valence-electron chi connectivity index (χ1n) is 9.15. The van der Waals surface area contributed by atoms with Gasteiger partial charge < -0.3 is 9.73 Å². The maximum atomic E-state index is 13.0. The molecule has 2 aromatic carbocycles. The summed E-state index contributed by atoms with van der Waals surface area (Å²) >= 11 is 0. The molecule has 7 nitrogen and oxygen atoms in total. The molecule has 2 heterocycles. The zero-order valence-electron chi connectivity index (χ0n) is 16.3. The van der Waals surface area contributed by atoms with Crippen LogP contribution in [-0.2, 0) is 7.05 Å². The quantitative estimate of drug-likeness (QED) is 0.578. The topological polar surface area (TPSA) is 82.1 Å². The van der Waals surface area contributed by atoms with E-state index in [2.05, 4.69) is 10.3 Å². The second-order valence-corrected chi connectivity index (χ2v) is 6.68. The molecule has 0 fully saturated rings. The molecule has 0 aliphatic rings. The van der Waals surface area contributed by atoms with Gasteiger partial charge in [-0.2, -0.15) is 0 Å². The molecule has 29 heavy (non-hydrogen) atoms. The van der Waals surface area contributed by atoms with Crippen LogP contribution in [0.1, 0.15) is 21.9 Å². The fourth-order valence-corrected chi connectivity index (χ4v) is 3.20. The van der Waals surface area contributed by atoms with E-state index in [4.69, 9.17) is 4.42 Å². The Balaban J connectivity index is 1.68. The minimum Gasteiger partial charge on any atom is -0.441 e. The van der Waals surface area contributed by atoms with E-state index in [0.29, 0.717) is 23.0 Å². The number of carbonyl (C=O) groups is 1. The number of para-hydroxylation sites is 1. The summed E-state index contributed by atoms with van der Waals surface area (Å²) in [5.74, 6) is 0.262. The number of amides is 1. The second-order valence-electron chi connectivity index (χ2n) is 6.68. The van der Waals surface area contributed by atoms with Crippen LogP contribution in [0.4, 0.5) is 5.69 Å². The monoisotopic (exact) mass is 388 g/mol. The van der Waals surface area contributed by atoms with E-state index in [1.807, 2.05) is 60.7 Å². The first-order chi connectivity index (χ1) is 14.0. The van der Waals surface area contributed by atoms with E-state index in [-0.39, 0.29) is 16.9 Å². The predicted octanol–water partition coefficient (Wildman–Crippen LogP) is 3.70. The van der Waals surface area contributed by atoms with Crippen molar-refractivity contribution >= 4 is 11.6 Å². The van der Waals surface area contributed by atoms with Crippen LogP contribution in [0, 0.1) is 13.8 Å². The number of hydrogen-bond donors (Lipinski definition) is 1. The summed E-state index contributed by atoms with van der Waals surface area (Å²) < 4.78 is 8.87. The van der Waals surface area contributed by atoms with Crippen molar-refractivity contribution in [3.05, 3.63) is 88.2 Å². The van der Waals surface area contributed by atoms with Gasteiger partial charge >= 0.3 is 0 Å². The summed E-state index contributed by atoms with van der Waals surface area (Å²) in [5.41, 5.74) is 2.18. The number of aromatic nitrogens is 3. The number of nitrogens with zero attached hydrogens (tertiary/aromatic N) is 3. The highest BCUT2D eigenvalue weighted by molar-refractivity contribution is 6.04. The lowest BCUT2D eigenvalue weighted by atomic mass is 10.2. The van der Waals surface area contributed by atoms with Gasteiger partial charge in [0.1, 0.15) is 11.4 Å². The Bertz CT molecular complexity index is 1230. The number of benzene rings is 2. The first-order valence-corrected chi connectivity index (χ1v) is 9.15. The highest BCUT2D eigenvalue weighted by Crippen LogP contribution is 2.22. The van der Waals surface area contributed by atoms with Crippen molar-refractivity contribution in [3.63, 3.8) is 0 Å². The van der Waals surface area contributed by atoms with E-state index in [1.54, 1.807) is 25.6 Å². The van der Waals surface area contributed by atoms with Crippen LogP contribution in [0.3, 0.4) is 0 Å². The van der Waals surface area contributed by atoms with Gasteiger partial charge in [-0.15, -0.1) is 0 Å². The van der Waals surface area contributed by atoms with E-state index in [0.717, 1.165) is 5.56 Å². The smallest absolute Gasteiger partial charge is 0.295 e. The molecule has 0 unspecified atom stereocenters. The van der Waals surface area contributed by atoms with Gasteiger partial charge in [0.05, 0.1) is 11.4 Å². The minimum atomic E-state index is -0.487. The first kappa shape index (κ1) is 18.5. The molecule has 0 aliphatic carbocycles. The van der Waals surface area contributed by atoms with Crippen LogP contribution in [0.15, 0.2) is 69.9 Å². The Hall–Kier alpha value is -3.87. The molecule has 1 N–H and O–H groups in total. The SMILES string of the molecule is Cc1oc(-c2ccccc2)nc1C(=O)Nc1c(C)n(C)n(-c2ccccc2)c1=O. The molecule has 2 aromatic heterocycles. The Morgan fingerprint density at radius 3 is 2.28 bits per heavy atom. The summed E-state index contributed by atoms with van der Waals surface area (Å²) in [6.45, 7) is 3.45. The Morgan fingerprint density at radius 1 is 1.00 bits per heavy atom. The molecule has 0 radical (unpaired) electrons. The van der Waals surface area contributed by atoms with Crippen molar-refractivity contribution in [2.24, 2.45) is 7.05 Å². The standard InChI is InChI=1S/C22H20N4O3/c1-14-18(22(28)26(25(14)3)17-12-8-5-9-13-17)23-20(27)19-15(2)29-21(24-19)16-10-6-4-7-11-16/h4-13H,1-3H3,(H,23,27). The Morgan fingerprint density at radius 2 is 1.62 bits per heavy atom. The van der Waals surface area contributed by atoms with Gasteiger partial charge in [0.25, 0.3) is 11.5 Å². The fraction of sp³-hybridized carbons (Fsp3) is 0.136. The Kier molecular flexibility index (Phi) is 4.64. The number of aryl methyl sites for hydroxylation is 1. The number of oxazole rings is 1. The maximum absolute atomic E-state index is 13.0. The molecule has 0 bridgehead atoms. The van der Waals surface area contributed by atoms with Gasteiger partial charge in [-0.05, 0) is 38.1 Å². The zero-order chi connectivity index (χ0) is 20.5. The number of hydrogen-bond acceptors (Lipinski definition) is 4. The molecule has 0 saturated carbocycles. The molecular weight excluding hydrogens is 368 g/mol. The lowest BCUT2D eigenvalue weighted by Crippen LogP contribution is -2.23. The Labute approximate surface area is 167 Å². The van der Waals surface area contributed by atoms with Crippen LogP contribution in [-0.4, -0.2) is 20.3 Å². The molecule has 4 aromatic rings. The third kappa shape index (κ3) is 3.27. The molecule has 146 valence electrons. The fourth-order valence-electron chi connectivity index (χ4n) is 3.20. The molecule has 7 heteroatoms. The van der Waals surface area contributed by atoms with Gasteiger partial charge in [-0.25, -0.2) is 9.67 Å².